The van der Waals surface area contributed by atoms with Crippen molar-refractivity contribution in [1.29, 1.82) is 0 Å². The van der Waals surface area contributed by atoms with Gasteiger partial charge in [0.2, 0.25) is 11.6 Å². The molecule has 1 aliphatic heterocycles. The quantitative estimate of drug-likeness (QED) is 0.777. The van der Waals surface area contributed by atoms with Crippen molar-refractivity contribution in [1.82, 2.24) is 0 Å². The molecule has 4 heteroatoms. The van der Waals surface area contributed by atoms with E-state index in [9.17, 15) is 9.59 Å². The van der Waals surface area contributed by atoms with Gasteiger partial charge in [-0.2, -0.15) is 0 Å². The molecule has 20 heavy (non-hydrogen) atoms. The van der Waals surface area contributed by atoms with Crippen molar-refractivity contribution in [3.05, 3.63) is 34.9 Å². The molecule has 0 aromatic heterocycles. The Morgan fingerprint density at radius 2 is 2.05 bits per heavy atom. The van der Waals surface area contributed by atoms with Crippen molar-refractivity contribution in [3.63, 3.8) is 0 Å². The first-order valence-corrected chi connectivity index (χ1v) is 6.81. The minimum atomic E-state index is -0.484. The normalized spacial score (nSPS) is 21.8. The van der Waals surface area contributed by atoms with Crippen LogP contribution in [0.25, 0.3) is 6.08 Å². The maximum absolute atomic E-state index is 12.2. The zero-order valence-electron chi connectivity index (χ0n) is 11.3. The number of hydrogen-bond donors (Lipinski definition) is 0. The van der Waals surface area contributed by atoms with Crippen LogP contribution >= 0.6 is 0 Å². The monoisotopic (exact) mass is 272 g/mol. The standard InChI is InChI=1S/C16H16O4/c1-19-13-8-6-11(14-4-2-3-9-20-14)15-10(13)5-7-12(17)16(15)18/h5-8,14H,2-4,9H2,1H3. The second-order valence-electron chi connectivity index (χ2n) is 5.03. The van der Waals surface area contributed by atoms with Crippen LogP contribution in [-0.4, -0.2) is 25.3 Å². The minimum Gasteiger partial charge on any atom is -0.496 e. The highest BCUT2D eigenvalue weighted by Crippen LogP contribution is 2.37. The molecule has 0 bridgehead atoms. The van der Waals surface area contributed by atoms with Gasteiger partial charge >= 0.3 is 0 Å². The molecule has 0 N–H and O–H groups in total. The molecule has 0 spiro atoms. The van der Waals surface area contributed by atoms with E-state index in [4.69, 9.17) is 9.47 Å². The Morgan fingerprint density at radius 3 is 2.75 bits per heavy atom. The molecule has 3 rings (SSSR count). The number of benzene rings is 1. The number of rotatable bonds is 2. The lowest BCUT2D eigenvalue weighted by Gasteiger charge is -2.26. The van der Waals surface area contributed by atoms with Crippen LogP contribution in [0.2, 0.25) is 0 Å². The molecule has 1 saturated heterocycles. The highest BCUT2D eigenvalue weighted by atomic mass is 16.5. The van der Waals surface area contributed by atoms with Gasteiger partial charge in [-0.25, -0.2) is 0 Å². The summed E-state index contributed by atoms with van der Waals surface area (Å²) in [7, 11) is 1.56. The molecule has 1 heterocycles. The molecule has 1 fully saturated rings. The van der Waals surface area contributed by atoms with Gasteiger partial charge in [0.1, 0.15) is 5.75 Å². The minimum absolute atomic E-state index is 0.105. The van der Waals surface area contributed by atoms with Crippen LogP contribution in [0, 0.1) is 0 Å². The highest BCUT2D eigenvalue weighted by molar-refractivity contribution is 6.50. The molecule has 0 radical (unpaired) electrons. The van der Waals surface area contributed by atoms with Crippen molar-refractivity contribution < 1.29 is 19.1 Å². The Balaban J connectivity index is 2.14. The number of Topliss-reactive ketones (excluding diaryl/α,β-unsaturated/α-hetero) is 1. The fourth-order valence-corrected chi connectivity index (χ4v) is 2.83. The molecule has 0 amide bonds. The van der Waals surface area contributed by atoms with Gasteiger partial charge < -0.3 is 9.47 Å². The Labute approximate surface area is 117 Å². The fourth-order valence-electron chi connectivity index (χ4n) is 2.83. The molecular formula is C16H16O4. The number of carbonyl (C=O) groups excluding carboxylic acids is 2. The average molecular weight is 272 g/mol. The summed E-state index contributed by atoms with van der Waals surface area (Å²) in [6.45, 7) is 0.698. The van der Waals surface area contributed by atoms with Crippen LogP contribution in [0.1, 0.15) is 46.9 Å². The fraction of sp³-hybridized carbons (Fsp3) is 0.375. The van der Waals surface area contributed by atoms with Gasteiger partial charge in [-0.3, -0.25) is 9.59 Å². The summed E-state index contributed by atoms with van der Waals surface area (Å²) in [5.74, 6) is -0.343. The Hall–Kier alpha value is -1.94. The summed E-state index contributed by atoms with van der Waals surface area (Å²) in [5, 5.41) is 0. The SMILES string of the molecule is COc1ccc(C2CCCCO2)c2c1C=CC(=O)C2=O. The lowest BCUT2D eigenvalue weighted by atomic mass is 9.86. The van der Waals surface area contributed by atoms with Crippen LogP contribution < -0.4 is 4.74 Å². The van der Waals surface area contributed by atoms with Gasteiger partial charge in [0.15, 0.2) is 0 Å². The van der Waals surface area contributed by atoms with Gasteiger partial charge in [-0.05, 0) is 43.0 Å². The summed E-state index contributed by atoms with van der Waals surface area (Å²) in [6, 6.07) is 3.68. The Kier molecular flexibility index (Phi) is 3.40. The number of methoxy groups -OCH3 is 1. The first-order valence-electron chi connectivity index (χ1n) is 6.81. The second kappa shape index (κ2) is 5.21. The molecule has 1 aromatic rings. The first-order chi connectivity index (χ1) is 9.72. The van der Waals surface area contributed by atoms with Crippen LogP contribution in [0.5, 0.6) is 5.75 Å². The van der Waals surface area contributed by atoms with Crippen molar-refractivity contribution in [3.8, 4) is 5.75 Å². The molecular weight excluding hydrogens is 256 g/mol. The summed E-state index contributed by atoms with van der Waals surface area (Å²) in [4.78, 5) is 23.9. The van der Waals surface area contributed by atoms with E-state index in [1.807, 2.05) is 12.1 Å². The van der Waals surface area contributed by atoms with Gasteiger partial charge in [0, 0.05) is 17.7 Å². The largest absolute Gasteiger partial charge is 0.496 e. The van der Waals surface area contributed by atoms with E-state index in [1.165, 1.54) is 6.08 Å². The van der Waals surface area contributed by atoms with E-state index in [0.29, 0.717) is 23.5 Å². The Bertz CT molecular complexity index is 595. The number of hydrogen-bond acceptors (Lipinski definition) is 4. The summed E-state index contributed by atoms with van der Waals surface area (Å²) in [5.41, 5.74) is 1.94. The zero-order chi connectivity index (χ0) is 14.1. The number of ketones is 2. The molecule has 104 valence electrons. The maximum atomic E-state index is 12.2. The van der Waals surface area contributed by atoms with E-state index in [1.54, 1.807) is 13.2 Å². The lowest BCUT2D eigenvalue weighted by Crippen LogP contribution is -2.22. The van der Waals surface area contributed by atoms with E-state index < -0.39 is 11.6 Å². The third kappa shape index (κ3) is 2.06. The van der Waals surface area contributed by atoms with Crippen molar-refractivity contribution in [2.24, 2.45) is 0 Å². The van der Waals surface area contributed by atoms with Crippen LogP contribution in [0.4, 0.5) is 0 Å². The third-order valence-electron chi connectivity index (χ3n) is 3.84. The van der Waals surface area contributed by atoms with Gasteiger partial charge in [-0.1, -0.05) is 6.07 Å². The van der Waals surface area contributed by atoms with Gasteiger partial charge in [0.05, 0.1) is 13.2 Å². The van der Waals surface area contributed by atoms with E-state index in [-0.39, 0.29) is 6.10 Å². The molecule has 1 atom stereocenters. The molecule has 2 aliphatic rings. The predicted molar refractivity (Wildman–Crippen MR) is 73.9 cm³/mol. The average Bonchev–Trinajstić information content (AvgIpc) is 2.50. The summed E-state index contributed by atoms with van der Waals surface area (Å²) >= 11 is 0. The number of fused-ring (bicyclic) bond motifs is 1. The molecule has 1 unspecified atom stereocenters. The van der Waals surface area contributed by atoms with Crippen LogP contribution in [0.15, 0.2) is 18.2 Å². The first kappa shape index (κ1) is 13.1. The molecule has 4 nitrogen and oxygen atoms in total. The molecule has 0 saturated carbocycles. The van der Waals surface area contributed by atoms with E-state index >= 15 is 0 Å². The smallest absolute Gasteiger partial charge is 0.233 e. The van der Waals surface area contributed by atoms with E-state index in [0.717, 1.165) is 24.8 Å². The topological polar surface area (TPSA) is 52.6 Å². The van der Waals surface area contributed by atoms with Crippen molar-refractivity contribution in [2.75, 3.05) is 13.7 Å². The zero-order valence-corrected chi connectivity index (χ0v) is 11.3. The van der Waals surface area contributed by atoms with Crippen molar-refractivity contribution in [2.45, 2.75) is 25.4 Å². The number of carbonyl (C=O) groups is 2. The predicted octanol–water partition coefficient (Wildman–Crippen LogP) is 2.72. The lowest BCUT2D eigenvalue weighted by molar-refractivity contribution is -0.110. The second-order valence-corrected chi connectivity index (χ2v) is 5.03. The Morgan fingerprint density at radius 1 is 1.20 bits per heavy atom. The van der Waals surface area contributed by atoms with Gasteiger partial charge in [0.25, 0.3) is 0 Å². The van der Waals surface area contributed by atoms with E-state index in [2.05, 4.69) is 0 Å². The number of allylic oxidation sites excluding steroid dienone is 1. The van der Waals surface area contributed by atoms with Gasteiger partial charge in [-0.15, -0.1) is 0 Å². The highest BCUT2D eigenvalue weighted by Gasteiger charge is 2.30. The number of ether oxygens (including phenoxy) is 2. The van der Waals surface area contributed by atoms with Crippen LogP contribution in [0.3, 0.4) is 0 Å². The summed E-state index contributed by atoms with van der Waals surface area (Å²) in [6.07, 6.45) is 5.85. The molecule has 1 aromatic carbocycles. The maximum Gasteiger partial charge on any atom is 0.233 e. The summed E-state index contributed by atoms with van der Waals surface area (Å²) < 4.78 is 11.0. The third-order valence-corrected chi connectivity index (χ3v) is 3.84. The van der Waals surface area contributed by atoms with Crippen molar-refractivity contribution >= 4 is 17.6 Å². The van der Waals surface area contributed by atoms with Crippen LogP contribution in [-0.2, 0) is 9.53 Å². The molecule has 1 aliphatic carbocycles.